The fraction of sp³-hybridized carbons (Fsp3) is 0.440. The van der Waals surface area contributed by atoms with Crippen LogP contribution in [0.1, 0.15) is 62.8 Å². The van der Waals surface area contributed by atoms with E-state index in [1.54, 1.807) is 65.8 Å². The third kappa shape index (κ3) is 6.77. The zero-order valence-corrected chi connectivity index (χ0v) is 19.6. The first kappa shape index (κ1) is 25.3. The molecule has 0 fully saturated rings. The standard InChI is InChI=1S/C25H31F2NO4/c1-14-8-10-18(12-20(14)26)22(19-11-9-15(2)21(27)13-19)17(4)31-23(29)16(3)28-24(30)32-25(5,6)7/h8-13,16-17,22H,1-7H3,(H,28,30)/t16-,17?/m0/s1. The van der Waals surface area contributed by atoms with Crippen LogP contribution in [0.5, 0.6) is 0 Å². The third-order valence-electron chi connectivity index (χ3n) is 4.97. The molecule has 2 rings (SSSR count). The van der Waals surface area contributed by atoms with Gasteiger partial charge < -0.3 is 14.8 Å². The van der Waals surface area contributed by atoms with Crippen LogP contribution in [0.4, 0.5) is 13.6 Å². The maximum atomic E-state index is 14.3. The molecule has 0 bridgehead atoms. The molecule has 0 aliphatic carbocycles. The van der Waals surface area contributed by atoms with Crippen LogP contribution in [-0.2, 0) is 14.3 Å². The number of ether oxygens (including phenoxy) is 2. The summed E-state index contributed by atoms with van der Waals surface area (Å²) in [4.78, 5) is 24.6. The number of nitrogens with one attached hydrogen (secondary N) is 1. The van der Waals surface area contributed by atoms with Crippen molar-refractivity contribution in [1.29, 1.82) is 0 Å². The van der Waals surface area contributed by atoms with E-state index in [2.05, 4.69) is 5.32 Å². The number of rotatable bonds is 6. The average Bonchev–Trinajstić information content (AvgIpc) is 2.66. The van der Waals surface area contributed by atoms with Crippen molar-refractivity contribution in [3.05, 3.63) is 70.3 Å². The Balaban J connectivity index is 2.27. The molecule has 2 aromatic carbocycles. The van der Waals surface area contributed by atoms with Gasteiger partial charge in [-0.3, -0.25) is 0 Å². The summed E-state index contributed by atoms with van der Waals surface area (Å²) >= 11 is 0. The Morgan fingerprint density at radius 2 is 1.38 bits per heavy atom. The molecule has 1 unspecified atom stereocenters. The lowest BCUT2D eigenvalue weighted by molar-refractivity contribution is -0.150. The highest BCUT2D eigenvalue weighted by atomic mass is 19.1. The lowest BCUT2D eigenvalue weighted by Gasteiger charge is -2.27. The van der Waals surface area contributed by atoms with E-state index in [1.807, 2.05) is 0 Å². The van der Waals surface area contributed by atoms with Crippen LogP contribution in [-0.4, -0.2) is 29.8 Å². The van der Waals surface area contributed by atoms with Crippen LogP contribution in [0.15, 0.2) is 36.4 Å². The Morgan fingerprint density at radius 1 is 0.906 bits per heavy atom. The van der Waals surface area contributed by atoms with Gasteiger partial charge in [0.15, 0.2) is 0 Å². The van der Waals surface area contributed by atoms with Gasteiger partial charge in [-0.2, -0.15) is 0 Å². The summed E-state index contributed by atoms with van der Waals surface area (Å²) in [5, 5.41) is 2.44. The van der Waals surface area contributed by atoms with Gasteiger partial charge in [-0.25, -0.2) is 18.4 Å². The average molecular weight is 448 g/mol. The molecule has 1 N–H and O–H groups in total. The van der Waals surface area contributed by atoms with Crippen molar-refractivity contribution >= 4 is 12.1 Å². The van der Waals surface area contributed by atoms with Gasteiger partial charge in [0.25, 0.3) is 0 Å². The van der Waals surface area contributed by atoms with Crippen LogP contribution < -0.4 is 5.32 Å². The maximum Gasteiger partial charge on any atom is 0.408 e. The highest BCUT2D eigenvalue weighted by Gasteiger charge is 2.29. The number of carbonyl (C=O) groups excluding carboxylic acids is 2. The second-order valence-corrected chi connectivity index (χ2v) is 9.00. The molecule has 2 atom stereocenters. The molecule has 0 aromatic heterocycles. The molecule has 32 heavy (non-hydrogen) atoms. The Hall–Kier alpha value is -2.96. The van der Waals surface area contributed by atoms with E-state index < -0.39 is 47.4 Å². The van der Waals surface area contributed by atoms with Crippen molar-refractivity contribution in [1.82, 2.24) is 5.32 Å². The normalized spacial score (nSPS) is 13.4. The lowest BCUT2D eigenvalue weighted by atomic mass is 9.86. The number of hydrogen-bond donors (Lipinski definition) is 1. The zero-order chi connectivity index (χ0) is 24.2. The van der Waals surface area contributed by atoms with Crippen molar-refractivity contribution in [2.45, 2.75) is 72.1 Å². The second-order valence-electron chi connectivity index (χ2n) is 9.00. The van der Waals surface area contributed by atoms with Gasteiger partial charge in [0.1, 0.15) is 29.4 Å². The van der Waals surface area contributed by atoms with Crippen molar-refractivity contribution in [2.75, 3.05) is 0 Å². The molecule has 0 saturated carbocycles. The Kier molecular flexibility index (Phi) is 7.99. The molecule has 0 spiro atoms. The minimum absolute atomic E-state index is 0.404. The highest BCUT2D eigenvalue weighted by Crippen LogP contribution is 2.32. The number of halogens is 2. The fourth-order valence-electron chi connectivity index (χ4n) is 3.24. The van der Waals surface area contributed by atoms with Gasteiger partial charge >= 0.3 is 12.1 Å². The first-order chi connectivity index (χ1) is 14.8. The van der Waals surface area contributed by atoms with E-state index >= 15 is 0 Å². The minimum atomic E-state index is -0.975. The van der Waals surface area contributed by atoms with Crippen LogP contribution >= 0.6 is 0 Å². The number of esters is 1. The van der Waals surface area contributed by atoms with Crippen molar-refractivity contribution in [3.8, 4) is 0 Å². The van der Waals surface area contributed by atoms with Gasteiger partial charge in [0.05, 0.1) is 0 Å². The topological polar surface area (TPSA) is 64.6 Å². The number of alkyl carbamates (subject to hydrolysis) is 1. The number of aryl methyl sites for hydroxylation is 2. The molecule has 174 valence electrons. The molecule has 1 amide bonds. The number of amides is 1. The smallest absolute Gasteiger partial charge is 0.408 e. The summed E-state index contributed by atoms with van der Waals surface area (Å²) in [6, 6.07) is 8.47. The molecular formula is C25H31F2NO4. The van der Waals surface area contributed by atoms with Gasteiger partial charge in [0.2, 0.25) is 0 Å². The largest absolute Gasteiger partial charge is 0.460 e. The quantitative estimate of drug-likeness (QED) is 0.589. The Labute approximate surface area is 188 Å². The molecule has 0 heterocycles. The van der Waals surface area contributed by atoms with E-state index in [-0.39, 0.29) is 0 Å². The van der Waals surface area contributed by atoms with Gasteiger partial charge in [-0.1, -0.05) is 24.3 Å². The van der Waals surface area contributed by atoms with Gasteiger partial charge in [-0.05, 0) is 82.9 Å². The van der Waals surface area contributed by atoms with Crippen molar-refractivity contribution in [2.24, 2.45) is 0 Å². The van der Waals surface area contributed by atoms with E-state index in [1.165, 1.54) is 19.1 Å². The summed E-state index contributed by atoms with van der Waals surface area (Å²) in [5.41, 5.74) is 1.33. The Morgan fingerprint density at radius 3 is 1.78 bits per heavy atom. The van der Waals surface area contributed by atoms with Crippen molar-refractivity contribution in [3.63, 3.8) is 0 Å². The molecule has 0 saturated heterocycles. The minimum Gasteiger partial charge on any atom is -0.460 e. The highest BCUT2D eigenvalue weighted by molar-refractivity contribution is 5.81. The van der Waals surface area contributed by atoms with E-state index in [4.69, 9.17) is 9.47 Å². The first-order valence-electron chi connectivity index (χ1n) is 10.5. The van der Waals surface area contributed by atoms with E-state index in [9.17, 15) is 18.4 Å². The van der Waals surface area contributed by atoms with Crippen LogP contribution in [0.3, 0.4) is 0 Å². The van der Waals surface area contributed by atoms with Crippen LogP contribution in [0.2, 0.25) is 0 Å². The molecular weight excluding hydrogens is 416 g/mol. The van der Waals surface area contributed by atoms with E-state index in [0.717, 1.165) is 0 Å². The van der Waals surface area contributed by atoms with Crippen molar-refractivity contribution < 1.29 is 27.8 Å². The summed E-state index contributed by atoms with van der Waals surface area (Å²) in [6.07, 6.45) is -1.51. The predicted molar refractivity (Wildman–Crippen MR) is 119 cm³/mol. The summed E-state index contributed by atoms with van der Waals surface area (Å²) in [6.45, 7) is 11.6. The summed E-state index contributed by atoms with van der Waals surface area (Å²) in [7, 11) is 0. The Bertz CT molecular complexity index is 933. The molecule has 5 nitrogen and oxygen atoms in total. The number of carbonyl (C=O) groups is 2. The SMILES string of the molecule is Cc1ccc(C(c2ccc(C)c(F)c2)C(C)OC(=O)[C@H](C)NC(=O)OC(C)(C)C)cc1F. The first-order valence-corrected chi connectivity index (χ1v) is 10.5. The third-order valence-corrected chi connectivity index (χ3v) is 4.97. The lowest BCUT2D eigenvalue weighted by Crippen LogP contribution is -2.43. The van der Waals surface area contributed by atoms with Crippen LogP contribution in [0.25, 0.3) is 0 Å². The molecule has 0 aliphatic heterocycles. The molecule has 0 aliphatic rings. The summed E-state index contributed by atoms with van der Waals surface area (Å²) in [5.74, 6) is -2.11. The van der Waals surface area contributed by atoms with E-state index in [0.29, 0.717) is 22.3 Å². The maximum absolute atomic E-state index is 14.3. The molecule has 0 radical (unpaired) electrons. The van der Waals surface area contributed by atoms with Crippen LogP contribution in [0, 0.1) is 25.5 Å². The number of hydrogen-bond acceptors (Lipinski definition) is 4. The summed E-state index contributed by atoms with van der Waals surface area (Å²) < 4.78 is 39.3. The predicted octanol–water partition coefficient (Wildman–Crippen LogP) is 5.56. The zero-order valence-electron chi connectivity index (χ0n) is 19.6. The van der Waals surface area contributed by atoms with Gasteiger partial charge in [0, 0.05) is 5.92 Å². The molecule has 7 heteroatoms. The number of benzene rings is 2. The molecule has 2 aromatic rings. The van der Waals surface area contributed by atoms with Gasteiger partial charge in [-0.15, -0.1) is 0 Å². The fourth-order valence-corrected chi connectivity index (χ4v) is 3.24. The second kappa shape index (κ2) is 10.1. The monoisotopic (exact) mass is 447 g/mol.